The van der Waals surface area contributed by atoms with Crippen LogP contribution in [0.1, 0.15) is 28.8 Å². The van der Waals surface area contributed by atoms with Crippen molar-refractivity contribution in [3.8, 4) is 5.75 Å². The Balaban J connectivity index is 1.73. The zero-order valence-electron chi connectivity index (χ0n) is 16.9. The number of benzene rings is 2. The molecule has 2 aromatic carbocycles. The molecule has 0 bridgehead atoms. The highest BCUT2D eigenvalue weighted by Gasteiger charge is 2.57. The maximum absolute atomic E-state index is 12.1. The van der Waals surface area contributed by atoms with E-state index in [0.717, 1.165) is 25.1 Å². The highest BCUT2D eigenvalue weighted by molar-refractivity contribution is 5.88. The minimum absolute atomic E-state index is 0.310. The molecule has 1 aliphatic heterocycles. The van der Waals surface area contributed by atoms with E-state index >= 15 is 0 Å². The van der Waals surface area contributed by atoms with Gasteiger partial charge in [0.25, 0.3) is 0 Å². The van der Waals surface area contributed by atoms with E-state index in [4.69, 9.17) is 4.74 Å². The van der Waals surface area contributed by atoms with Gasteiger partial charge in [-0.1, -0.05) is 30.3 Å². The van der Waals surface area contributed by atoms with Gasteiger partial charge in [0.2, 0.25) is 0 Å². The minimum atomic E-state index is -0.807. The van der Waals surface area contributed by atoms with Crippen molar-refractivity contribution in [3.63, 3.8) is 0 Å². The van der Waals surface area contributed by atoms with Crippen molar-refractivity contribution in [1.29, 1.82) is 0 Å². The molecule has 1 saturated heterocycles. The maximum atomic E-state index is 12.1. The summed E-state index contributed by atoms with van der Waals surface area (Å²) >= 11 is 0. The van der Waals surface area contributed by atoms with Gasteiger partial charge < -0.3 is 19.7 Å². The molecule has 3 aromatic rings. The van der Waals surface area contributed by atoms with Crippen LogP contribution in [0.4, 0.5) is 0 Å². The predicted octanol–water partition coefficient (Wildman–Crippen LogP) is 3.59. The topological polar surface area (TPSA) is 48.5 Å². The fourth-order valence-electron chi connectivity index (χ4n) is 5.63. The number of aromatic amines is 1. The molecular weight excluding hydrogens is 348 g/mol. The molecule has 2 N–H and O–H groups in total. The molecule has 2 aliphatic rings. The number of likely N-dealkylation sites (N-methyl/N-ethyl adjacent to an activating group) is 1. The van der Waals surface area contributed by atoms with Crippen LogP contribution in [0.5, 0.6) is 5.75 Å². The molecule has 4 heteroatoms. The van der Waals surface area contributed by atoms with E-state index in [1.165, 1.54) is 33.3 Å². The Morgan fingerprint density at radius 1 is 1.14 bits per heavy atom. The van der Waals surface area contributed by atoms with E-state index in [0.29, 0.717) is 13.0 Å². The summed E-state index contributed by atoms with van der Waals surface area (Å²) in [7, 11) is 3.82. The molecule has 2 atom stereocenters. The number of likely N-dealkylation sites (tertiary alicyclic amines) is 1. The summed E-state index contributed by atoms with van der Waals surface area (Å²) in [6, 6.07) is 14.8. The Morgan fingerprint density at radius 3 is 2.79 bits per heavy atom. The number of fused-ring (bicyclic) bond motifs is 4. The number of hydrogen-bond acceptors (Lipinski definition) is 3. The van der Waals surface area contributed by atoms with Crippen molar-refractivity contribution >= 4 is 10.9 Å². The van der Waals surface area contributed by atoms with Crippen LogP contribution in [0.15, 0.2) is 42.5 Å². The molecule has 0 amide bonds. The molecule has 0 saturated carbocycles. The number of aryl methyl sites for hydroxylation is 1. The van der Waals surface area contributed by atoms with E-state index in [1.807, 2.05) is 12.1 Å². The average molecular weight is 377 g/mol. The fraction of sp³-hybridized carbons (Fsp3) is 0.417. The number of β-amino-alcohol motifs (C(OH)–C–C–N with tert-alkyl or cyclic N) is 1. The Kier molecular flexibility index (Phi) is 3.87. The number of piperidine rings is 1. The van der Waals surface area contributed by atoms with E-state index < -0.39 is 5.60 Å². The lowest BCUT2D eigenvalue weighted by atomic mass is 9.56. The summed E-state index contributed by atoms with van der Waals surface area (Å²) in [5, 5.41) is 13.4. The number of para-hydroxylation sites is 1. The van der Waals surface area contributed by atoms with Gasteiger partial charge in [0.1, 0.15) is 5.75 Å². The zero-order chi connectivity index (χ0) is 19.5. The molecule has 5 rings (SSSR count). The smallest absolute Gasteiger partial charge is 0.119 e. The van der Waals surface area contributed by atoms with Crippen LogP contribution in [0.2, 0.25) is 0 Å². The number of rotatable bonds is 2. The first kappa shape index (κ1) is 17.8. The van der Waals surface area contributed by atoms with Crippen LogP contribution < -0.4 is 4.74 Å². The maximum Gasteiger partial charge on any atom is 0.119 e. The monoisotopic (exact) mass is 376 g/mol. The number of ether oxygens (including phenoxy) is 1. The largest absolute Gasteiger partial charge is 0.497 e. The summed E-state index contributed by atoms with van der Waals surface area (Å²) in [5.74, 6) is 0.853. The third-order valence-electron chi connectivity index (χ3n) is 7.15. The summed E-state index contributed by atoms with van der Waals surface area (Å²) < 4.78 is 5.51. The fourth-order valence-corrected chi connectivity index (χ4v) is 5.63. The standard InChI is InChI=1S/C24H28N2O2/c1-16-6-4-9-19-20-13-24(27)15-26(2)11-10-23(24,14-21(20)25-22(16)19)17-7-5-8-18(12-17)28-3/h4-9,12,25,27H,10-11,13-15H2,1-3H3/t23-,24-/m0/s1. The van der Waals surface area contributed by atoms with Crippen LogP contribution in [0.25, 0.3) is 10.9 Å². The molecule has 1 fully saturated rings. The molecule has 28 heavy (non-hydrogen) atoms. The summed E-state index contributed by atoms with van der Waals surface area (Å²) in [4.78, 5) is 5.98. The Hall–Kier alpha value is -2.30. The first-order chi connectivity index (χ1) is 13.5. The molecule has 146 valence electrons. The number of H-pyrrole nitrogens is 1. The van der Waals surface area contributed by atoms with Crippen LogP contribution >= 0.6 is 0 Å². The first-order valence-electron chi connectivity index (χ1n) is 10.1. The van der Waals surface area contributed by atoms with Gasteiger partial charge in [0.15, 0.2) is 0 Å². The van der Waals surface area contributed by atoms with Crippen molar-refractivity contribution in [2.24, 2.45) is 0 Å². The third kappa shape index (κ3) is 2.38. The van der Waals surface area contributed by atoms with Gasteiger partial charge in [-0.15, -0.1) is 0 Å². The quantitative estimate of drug-likeness (QED) is 0.719. The van der Waals surface area contributed by atoms with Crippen molar-refractivity contribution < 1.29 is 9.84 Å². The predicted molar refractivity (Wildman–Crippen MR) is 112 cm³/mol. The molecule has 1 aromatic heterocycles. The van der Waals surface area contributed by atoms with Gasteiger partial charge in [-0.05, 0) is 55.8 Å². The summed E-state index contributed by atoms with van der Waals surface area (Å²) in [6.45, 7) is 3.81. The van der Waals surface area contributed by atoms with Crippen LogP contribution in [0.3, 0.4) is 0 Å². The second-order valence-corrected chi connectivity index (χ2v) is 8.77. The number of nitrogens with zero attached hydrogens (tertiary/aromatic N) is 1. The third-order valence-corrected chi connectivity index (χ3v) is 7.15. The zero-order valence-corrected chi connectivity index (χ0v) is 16.9. The van der Waals surface area contributed by atoms with Crippen molar-refractivity contribution in [3.05, 3.63) is 64.8 Å². The van der Waals surface area contributed by atoms with Gasteiger partial charge in [-0.25, -0.2) is 0 Å². The van der Waals surface area contributed by atoms with E-state index in [9.17, 15) is 5.11 Å². The molecule has 1 aliphatic carbocycles. The first-order valence-corrected chi connectivity index (χ1v) is 10.1. The number of hydrogen-bond donors (Lipinski definition) is 2. The highest BCUT2D eigenvalue weighted by Crippen LogP contribution is 2.51. The summed E-state index contributed by atoms with van der Waals surface area (Å²) in [6.07, 6.45) is 2.43. The van der Waals surface area contributed by atoms with Crippen LogP contribution in [-0.2, 0) is 18.3 Å². The molecule has 4 nitrogen and oxygen atoms in total. The van der Waals surface area contributed by atoms with Gasteiger partial charge in [-0.3, -0.25) is 0 Å². The van der Waals surface area contributed by atoms with Crippen molar-refractivity contribution in [2.75, 3.05) is 27.2 Å². The van der Waals surface area contributed by atoms with Gasteiger partial charge in [0, 0.05) is 41.4 Å². The molecule has 2 heterocycles. The summed E-state index contributed by atoms with van der Waals surface area (Å²) in [5.41, 5.74) is 5.10. The van der Waals surface area contributed by atoms with E-state index in [2.05, 4.69) is 54.2 Å². The van der Waals surface area contributed by atoms with E-state index in [1.54, 1.807) is 7.11 Å². The number of methoxy groups -OCH3 is 1. The van der Waals surface area contributed by atoms with Gasteiger partial charge in [0.05, 0.1) is 12.7 Å². The SMILES string of the molecule is COc1cccc([C@@]23CCN(C)C[C@@]2(O)Cc2c([nH]c4c(C)cccc24)C3)c1. The van der Waals surface area contributed by atoms with Crippen LogP contribution in [-0.4, -0.2) is 47.8 Å². The Labute approximate surface area is 166 Å². The normalized spacial score (nSPS) is 27.4. The van der Waals surface area contributed by atoms with E-state index in [-0.39, 0.29) is 5.41 Å². The lowest BCUT2D eigenvalue weighted by molar-refractivity contribution is -0.0972. The van der Waals surface area contributed by atoms with Gasteiger partial charge in [-0.2, -0.15) is 0 Å². The molecule has 0 unspecified atom stereocenters. The number of nitrogens with one attached hydrogen (secondary N) is 1. The highest BCUT2D eigenvalue weighted by atomic mass is 16.5. The minimum Gasteiger partial charge on any atom is -0.497 e. The Bertz CT molecular complexity index is 1060. The van der Waals surface area contributed by atoms with Gasteiger partial charge >= 0.3 is 0 Å². The van der Waals surface area contributed by atoms with Crippen molar-refractivity contribution in [1.82, 2.24) is 9.88 Å². The lowest BCUT2D eigenvalue weighted by Crippen LogP contribution is -2.65. The lowest BCUT2D eigenvalue weighted by Gasteiger charge is -2.56. The second-order valence-electron chi connectivity index (χ2n) is 8.77. The molecular formula is C24H28N2O2. The Morgan fingerprint density at radius 2 is 1.96 bits per heavy atom. The molecule has 0 radical (unpaired) electrons. The second kappa shape index (κ2) is 6.10. The molecule has 0 spiro atoms. The van der Waals surface area contributed by atoms with Crippen LogP contribution in [0, 0.1) is 6.92 Å². The van der Waals surface area contributed by atoms with Crippen molar-refractivity contribution in [2.45, 2.75) is 37.2 Å². The number of aliphatic hydroxyl groups is 1. The number of aromatic nitrogens is 1. The average Bonchev–Trinajstić information content (AvgIpc) is 3.04.